The zero-order valence-corrected chi connectivity index (χ0v) is 15.7. The van der Waals surface area contributed by atoms with E-state index in [9.17, 15) is 0 Å². The largest absolute Gasteiger partial charge is 0.0996 e. The van der Waals surface area contributed by atoms with Crippen LogP contribution in [0.5, 0.6) is 0 Å². The van der Waals surface area contributed by atoms with Crippen molar-refractivity contribution in [3.05, 3.63) is 59.8 Å². The van der Waals surface area contributed by atoms with Gasteiger partial charge in [0.25, 0.3) is 0 Å². The van der Waals surface area contributed by atoms with Gasteiger partial charge >= 0.3 is 0 Å². The van der Waals surface area contributed by atoms with E-state index in [1.165, 1.54) is 43.3 Å². The van der Waals surface area contributed by atoms with E-state index < -0.39 is 0 Å². The fourth-order valence-electron chi connectivity index (χ4n) is 6.51. The van der Waals surface area contributed by atoms with Gasteiger partial charge in [-0.2, -0.15) is 0 Å². The van der Waals surface area contributed by atoms with Crippen LogP contribution in [-0.4, -0.2) is 0 Å². The first kappa shape index (κ1) is 16.2. The second-order valence-electron chi connectivity index (χ2n) is 9.04. The monoisotopic (exact) mass is 320 g/mol. The molecule has 0 heterocycles. The summed E-state index contributed by atoms with van der Waals surface area (Å²) in [5.74, 6) is 2.36. The van der Waals surface area contributed by atoms with Gasteiger partial charge in [0, 0.05) is 5.41 Å². The Labute approximate surface area is 148 Å². The lowest BCUT2D eigenvalue weighted by molar-refractivity contribution is 0.104. The molecule has 0 aromatic carbocycles. The number of rotatable bonds is 2. The molecule has 2 fully saturated rings. The third-order valence-electron chi connectivity index (χ3n) is 7.99. The van der Waals surface area contributed by atoms with E-state index in [1.807, 2.05) is 0 Å². The Bertz CT molecular complexity index is 685. The van der Waals surface area contributed by atoms with Crippen molar-refractivity contribution in [2.24, 2.45) is 28.6 Å². The van der Waals surface area contributed by atoms with Gasteiger partial charge in [0.1, 0.15) is 0 Å². The highest BCUT2D eigenvalue weighted by molar-refractivity contribution is 5.50. The quantitative estimate of drug-likeness (QED) is 0.492. The highest BCUT2D eigenvalue weighted by atomic mass is 14.6. The van der Waals surface area contributed by atoms with Gasteiger partial charge in [-0.1, -0.05) is 68.0 Å². The lowest BCUT2D eigenvalue weighted by Gasteiger charge is -2.52. The molecule has 0 aliphatic heterocycles. The van der Waals surface area contributed by atoms with Crippen molar-refractivity contribution in [1.29, 1.82) is 0 Å². The standard InChI is InChI=1S/C24H32/c1-6-17(3)20-9-10-21-19-8-7-18-15-16(2)11-13-23(18,4)22(19)12-14-24(20,21)5/h11-13,15,19-21H,2-3,6-10,14H2,1,4-5H3/t19?,20-,21?,23+,24-/m1/s1. The minimum absolute atomic E-state index is 0.158. The van der Waals surface area contributed by atoms with Crippen LogP contribution in [0.25, 0.3) is 0 Å². The smallest absolute Gasteiger partial charge is 0.0281 e. The molecule has 4 aliphatic carbocycles. The summed E-state index contributed by atoms with van der Waals surface area (Å²) in [5.41, 5.74) is 6.57. The third-order valence-corrected chi connectivity index (χ3v) is 7.99. The van der Waals surface area contributed by atoms with E-state index >= 15 is 0 Å². The lowest BCUT2D eigenvalue weighted by atomic mass is 9.52. The van der Waals surface area contributed by atoms with Crippen LogP contribution < -0.4 is 0 Å². The van der Waals surface area contributed by atoms with Crippen molar-refractivity contribution in [1.82, 2.24) is 0 Å². The Morgan fingerprint density at radius 1 is 1.25 bits per heavy atom. The van der Waals surface area contributed by atoms with Crippen LogP contribution in [0.2, 0.25) is 0 Å². The molecule has 0 bridgehead atoms. The molecule has 0 nitrogen and oxygen atoms in total. The molecule has 4 aliphatic rings. The van der Waals surface area contributed by atoms with Crippen molar-refractivity contribution < 1.29 is 0 Å². The molecule has 128 valence electrons. The molecule has 24 heavy (non-hydrogen) atoms. The molecule has 5 atom stereocenters. The highest BCUT2D eigenvalue weighted by Gasteiger charge is 2.55. The van der Waals surface area contributed by atoms with Gasteiger partial charge in [-0.05, 0) is 74.2 Å². The van der Waals surface area contributed by atoms with Crippen molar-refractivity contribution in [2.75, 3.05) is 0 Å². The maximum atomic E-state index is 4.43. The second kappa shape index (κ2) is 5.35. The summed E-state index contributed by atoms with van der Waals surface area (Å²) >= 11 is 0. The third kappa shape index (κ3) is 2.04. The topological polar surface area (TPSA) is 0 Å². The van der Waals surface area contributed by atoms with E-state index in [0.717, 1.165) is 24.2 Å². The maximum Gasteiger partial charge on any atom is 0.0281 e. The summed E-state index contributed by atoms with van der Waals surface area (Å²) in [6.45, 7) is 15.9. The van der Waals surface area contributed by atoms with Crippen molar-refractivity contribution >= 4 is 0 Å². The van der Waals surface area contributed by atoms with E-state index in [1.54, 1.807) is 11.1 Å². The predicted molar refractivity (Wildman–Crippen MR) is 104 cm³/mol. The highest BCUT2D eigenvalue weighted by Crippen LogP contribution is 2.65. The van der Waals surface area contributed by atoms with E-state index in [0.29, 0.717) is 5.41 Å². The summed E-state index contributed by atoms with van der Waals surface area (Å²) in [4.78, 5) is 0. The van der Waals surface area contributed by atoms with Crippen LogP contribution >= 0.6 is 0 Å². The fraction of sp³-hybridized carbons (Fsp3) is 0.583. The van der Waals surface area contributed by atoms with E-state index in [2.05, 4.69) is 58.2 Å². The van der Waals surface area contributed by atoms with Crippen molar-refractivity contribution in [3.63, 3.8) is 0 Å². The number of hydrogen-bond donors (Lipinski definition) is 0. The minimum atomic E-state index is 0.158. The molecular weight excluding hydrogens is 288 g/mol. The number of hydrogen-bond acceptors (Lipinski definition) is 0. The van der Waals surface area contributed by atoms with Gasteiger partial charge < -0.3 is 0 Å². The van der Waals surface area contributed by atoms with Crippen LogP contribution in [0.15, 0.2) is 59.8 Å². The SMILES string of the molecule is C=C1C=C[C@@]2(C)C(=C1)CCC1C2=CC[C@@]2(C)C1CC[C@@H]2C(=C)CC. The Balaban J connectivity index is 1.73. The van der Waals surface area contributed by atoms with Gasteiger partial charge in [0.15, 0.2) is 0 Å². The molecule has 0 aromatic rings. The van der Waals surface area contributed by atoms with E-state index in [-0.39, 0.29) is 5.41 Å². The maximum absolute atomic E-state index is 4.43. The second-order valence-corrected chi connectivity index (χ2v) is 9.04. The first-order valence-corrected chi connectivity index (χ1v) is 9.87. The average Bonchev–Trinajstić information content (AvgIpc) is 2.92. The molecule has 0 saturated heterocycles. The van der Waals surface area contributed by atoms with Crippen LogP contribution in [0.3, 0.4) is 0 Å². The minimum Gasteiger partial charge on any atom is -0.0996 e. The van der Waals surface area contributed by atoms with Gasteiger partial charge in [-0.25, -0.2) is 0 Å². The Morgan fingerprint density at radius 3 is 2.79 bits per heavy atom. The van der Waals surface area contributed by atoms with E-state index in [4.69, 9.17) is 0 Å². The van der Waals surface area contributed by atoms with Gasteiger partial charge in [-0.3, -0.25) is 0 Å². The molecule has 2 saturated carbocycles. The summed E-state index contributed by atoms with van der Waals surface area (Å²) in [6.07, 6.45) is 17.4. The Kier molecular flexibility index (Phi) is 3.61. The molecular formula is C24H32. The molecule has 0 radical (unpaired) electrons. The zero-order chi connectivity index (χ0) is 17.1. The van der Waals surface area contributed by atoms with Crippen molar-refractivity contribution in [3.8, 4) is 0 Å². The molecule has 0 amide bonds. The predicted octanol–water partition coefficient (Wildman–Crippen LogP) is 6.78. The fourth-order valence-corrected chi connectivity index (χ4v) is 6.51. The number of fused-ring (bicyclic) bond motifs is 5. The van der Waals surface area contributed by atoms with Crippen LogP contribution in [0.4, 0.5) is 0 Å². The van der Waals surface area contributed by atoms with Crippen molar-refractivity contribution in [2.45, 2.75) is 59.3 Å². The first-order valence-electron chi connectivity index (χ1n) is 9.87. The molecule has 0 spiro atoms. The van der Waals surface area contributed by atoms with Crippen LogP contribution in [0.1, 0.15) is 59.3 Å². The zero-order valence-electron chi connectivity index (χ0n) is 15.7. The average molecular weight is 321 g/mol. The normalized spacial score (nSPS) is 43.5. The van der Waals surface area contributed by atoms with Gasteiger partial charge in [0.05, 0.1) is 0 Å². The van der Waals surface area contributed by atoms with Gasteiger partial charge in [-0.15, -0.1) is 0 Å². The molecule has 0 heteroatoms. The lowest BCUT2D eigenvalue weighted by Crippen LogP contribution is -2.43. The molecule has 2 unspecified atom stereocenters. The first-order chi connectivity index (χ1) is 11.4. The Hall–Kier alpha value is -1.30. The summed E-state index contributed by atoms with van der Waals surface area (Å²) in [7, 11) is 0. The van der Waals surface area contributed by atoms with Crippen LogP contribution in [0, 0.1) is 28.6 Å². The summed E-state index contributed by atoms with van der Waals surface area (Å²) < 4.78 is 0. The Morgan fingerprint density at radius 2 is 2.04 bits per heavy atom. The molecule has 0 aromatic heterocycles. The number of allylic oxidation sites excluding steroid dienone is 8. The molecule has 0 N–H and O–H groups in total. The van der Waals surface area contributed by atoms with Crippen LogP contribution in [-0.2, 0) is 0 Å². The van der Waals surface area contributed by atoms with Gasteiger partial charge in [0.2, 0.25) is 0 Å². The summed E-state index contributed by atoms with van der Waals surface area (Å²) in [6, 6.07) is 0. The molecule has 4 rings (SSSR count). The summed E-state index contributed by atoms with van der Waals surface area (Å²) in [5, 5.41) is 0.